The lowest BCUT2D eigenvalue weighted by Crippen LogP contribution is -1.95. The zero-order valence-electron chi connectivity index (χ0n) is 9.01. The monoisotopic (exact) mass is 287 g/mol. The minimum Gasteiger partial charge on any atom is -0.289 e. The second-order valence-corrected chi connectivity index (χ2v) is 4.29. The molecule has 3 heteroatoms. The van der Waals surface area contributed by atoms with Crippen LogP contribution in [-0.4, -0.2) is 10.8 Å². The molecule has 0 N–H and O–H groups in total. The number of carbonyl (C=O) groups excluding carboxylic acids is 1. The minimum atomic E-state index is -0.0388. The molecular weight excluding hydrogens is 278 g/mol. The number of halogens is 1. The minimum absolute atomic E-state index is 0.0388. The molecule has 0 saturated carbocycles. The maximum Gasteiger partial charge on any atom is 0.187 e. The number of nitrogens with zero attached hydrogens (tertiary/aromatic N) is 1. The van der Waals surface area contributed by atoms with E-state index in [1.165, 1.54) is 6.08 Å². The van der Waals surface area contributed by atoms with Gasteiger partial charge in [-0.1, -0.05) is 34.1 Å². The van der Waals surface area contributed by atoms with E-state index in [2.05, 4.69) is 20.9 Å². The van der Waals surface area contributed by atoms with Gasteiger partial charge in [-0.15, -0.1) is 0 Å². The lowest BCUT2D eigenvalue weighted by atomic mass is 10.1. The van der Waals surface area contributed by atoms with Crippen LogP contribution in [0.3, 0.4) is 0 Å². The zero-order chi connectivity index (χ0) is 12.1. The molecule has 1 aromatic carbocycles. The molecule has 0 atom stereocenters. The van der Waals surface area contributed by atoms with E-state index >= 15 is 0 Å². The van der Waals surface area contributed by atoms with Crippen molar-refractivity contribution in [3.8, 4) is 0 Å². The van der Waals surface area contributed by atoms with E-state index in [1.54, 1.807) is 18.3 Å². The lowest BCUT2D eigenvalue weighted by Gasteiger charge is -1.98. The molecule has 0 saturated heterocycles. The molecule has 17 heavy (non-hydrogen) atoms. The molecule has 2 nitrogen and oxygen atoms in total. The fourth-order valence-electron chi connectivity index (χ4n) is 1.39. The molecule has 1 aromatic heterocycles. The SMILES string of the molecule is O=C(C=Cc1ccccn1)c1ccccc1Br. The Morgan fingerprint density at radius 3 is 2.59 bits per heavy atom. The summed E-state index contributed by atoms with van der Waals surface area (Å²) >= 11 is 3.35. The number of hydrogen-bond acceptors (Lipinski definition) is 2. The first-order chi connectivity index (χ1) is 8.27. The van der Waals surface area contributed by atoms with E-state index < -0.39 is 0 Å². The summed E-state index contributed by atoms with van der Waals surface area (Å²) in [6.07, 6.45) is 4.94. The Bertz CT molecular complexity index is 549. The molecule has 2 rings (SSSR count). The lowest BCUT2D eigenvalue weighted by molar-refractivity contribution is 0.104. The van der Waals surface area contributed by atoms with E-state index in [0.29, 0.717) is 5.56 Å². The third kappa shape index (κ3) is 3.11. The van der Waals surface area contributed by atoms with Crippen molar-refractivity contribution in [3.05, 3.63) is 70.5 Å². The van der Waals surface area contributed by atoms with Gasteiger partial charge in [0.2, 0.25) is 0 Å². The van der Waals surface area contributed by atoms with Gasteiger partial charge in [0.25, 0.3) is 0 Å². The first-order valence-electron chi connectivity index (χ1n) is 5.15. The van der Waals surface area contributed by atoms with Crippen molar-refractivity contribution in [1.29, 1.82) is 0 Å². The largest absolute Gasteiger partial charge is 0.289 e. The van der Waals surface area contributed by atoms with Crippen molar-refractivity contribution in [3.63, 3.8) is 0 Å². The average molecular weight is 288 g/mol. The first-order valence-corrected chi connectivity index (χ1v) is 5.94. The summed E-state index contributed by atoms with van der Waals surface area (Å²) in [5.41, 5.74) is 1.42. The summed E-state index contributed by atoms with van der Waals surface area (Å²) < 4.78 is 0.802. The average Bonchev–Trinajstić information content (AvgIpc) is 2.38. The predicted molar refractivity (Wildman–Crippen MR) is 71.7 cm³/mol. The van der Waals surface area contributed by atoms with Crippen molar-refractivity contribution < 1.29 is 4.79 Å². The highest BCUT2D eigenvalue weighted by Gasteiger charge is 2.05. The number of aromatic nitrogens is 1. The molecule has 0 amide bonds. The van der Waals surface area contributed by atoms with Crippen LogP contribution in [0.4, 0.5) is 0 Å². The summed E-state index contributed by atoms with van der Waals surface area (Å²) in [5, 5.41) is 0. The van der Waals surface area contributed by atoms with Gasteiger partial charge in [0.1, 0.15) is 0 Å². The molecule has 0 bridgehead atoms. The maximum atomic E-state index is 11.9. The zero-order valence-corrected chi connectivity index (χ0v) is 10.6. The number of ketones is 1. The molecule has 0 unspecified atom stereocenters. The number of carbonyl (C=O) groups is 1. The van der Waals surface area contributed by atoms with E-state index in [1.807, 2.05) is 36.4 Å². The summed E-state index contributed by atoms with van der Waals surface area (Å²) in [5.74, 6) is -0.0388. The number of rotatable bonds is 3. The van der Waals surface area contributed by atoms with Gasteiger partial charge in [0.15, 0.2) is 5.78 Å². The second kappa shape index (κ2) is 5.55. The van der Waals surface area contributed by atoms with Gasteiger partial charge in [-0.3, -0.25) is 9.78 Å². The first kappa shape index (κ1) is 11.7. The third-order valence-electron chi connectivity index (χ3n) is 2.23. The van der Waals surface area contributed by atoms with E-state index in [-0.39, 0.29) is 5.78 Å². The highest BCUT2D eigenvalue weighted by Crippen LogP contribution is 2.17. The van der Waals surface area contributed by atoms with Gasteiger partial charge in [-0.05, 0) is 36.4 Å². The fraction of sp³-hybridized carbons (Fsp3) is 0. The quantitative estimate of drug-likeness (QED) is 0.636. The molecular formula is C14H10BrNO. The normalized spacial score (nSPS) is 10.6. The topological polar surface area (TPSA) is 30.0 Å². The van der Waals surface area contributed by atoms with Crippen LogP contribution < -0.4 is 0 Å². The van der Waals surface area contributed by atoms with Gasteiger partial charge < -0.3 is 0 Å². The van der Waals surface area contributed by atoms with Crippen LogP contribution in [0.1, 0.15) is 16.1 Å². The van der Waals surface area contributed by atoms with Gasteiger partial charge in [-0.2, -0.15) is 0 Å². The molecule has 0 fully saturated rings. The number of pyridine rings is 1. The fourth-order valence-corrected chi connectivity index (χ4v) is 1.87. The van der Waals surface area contributed by atoms with E-state index in [0.717, 1.165) is 10.2 Å². The maximum absolute atomic E-state index is 11.9. The Kier molecular flexibility index (Phi) is 3.83. The van der Waals surface area contributed by atoms with Gasteiger partial charge >= 0.3 is 0 Å². The van der Waals surface area contributed by atoms with Crippen molar-refractivity contribution >= 4 is 27.8 Å². The Hall–Kier alpha value is -1.74. The second-order valence-electron chi connectivity index (χ2n) is 3.43. The summed E-state index contributed by atoms with van der Waals surface area (Å²) in [4.78, 5) is 16.0. The molecule has 0 aliphatic heterocycles. The van der Waals surface area contributed by atoms with Crippen LogP contribution in [0, 0.1) is 0 Å². The van der Waals surface area contributed by atoms with Crippen LogP contribution in [0.2, 0.25) is 0 Å². The summed E-state index contributed by atoms with van der Waals surface area (Å²) in [6.45, 7) is 0. The van der Waals surface area contributed by atoms with Crippen molar-refractivity contribution in [2.24, 2.45) is 0 Å². The van der Waals surface area contributed by atoms with Gasteiger partial charge in [-0.25, -0.2) is 0 Å². The highest BCUT2D eigenvalue weighted by molar-refractivity contribution is 9.10. The summed E-state index contributed by atoms with van der Waals surface area (Å²) in [7, 11) is 0. The van der Waals surface area contributed by atoms with Crippen molar-refractivity contribution in [2.75, 3.05) is 0 Å². The molecule has 0 spiro atoms. The number of hydrogen-bond donors (Lipinski definition) is 0. The third-order valence-corrected chi connectivity index (χ3v) is 2.92. The van der Waals surface area contributed by atoms with Crippen molar-refractivity contribution in [1.82, 2.24) is 4.98 Å². The molecule has 0 aliphatic carbocycles. The number of benzene rings is 1. The predicted octanol–water partition coefficient (Wildman–Crippen LogP) is 3.74. The Morgan fingerprint density at radius 2 is 1.88 bits per heavy atom. The van der Waals surface area contributed by atoms with Crippen LogP contribution in [0.25, 0.3) is 6.08 Å². The van der Waals surface area contributed by atoms with Crippen LogP contribution in [-0.2, 0) is 0 Å². The molecule has 0 radical (unpaired) electrons. The van der Waals surface area contributed by atoms with Gasteiger partial charge in [0.05, 0.1) is 5.69 Å². The molecule has 1 heterocycles. The van der Waals surface area contributed by atoms with Crippen LogP contribution in [0.15, 0.2) is 59.2 Å². The van der Waals surface area contributed by atoms with E-state index in [9.17, 15) is 4.79 Å². The standard InChI is InChI=1S/C14H10BrNO/c15-13-7-2-1-6-12(13)14(17)9-8-11-5-3-4-10-16-11/h1-10H. The molecule has 84 valence electrons. The Morgan fingerprint density at radius 1 is 1.12 bits per heavy atom. The van der Waals surface area contributed by atoms with Crippen LogP contribution >= 0.6 is 15.9 Å². The Labute approximate surface area is 108 Å². The molecule has 0 aliphatic rings. The summed E-state index contributed by atoms with van der Waals surface area (Å²) in [6, 6.07) is 12.9. The van der Waals surface area contributed by atoms with Crippen LogP contribution in [0.5, 0.6) is 0 Å². The number of allylic oxidation sites excluding steroid dienone is 1. The van der Waals surface area contributed by atoms with Gasteiger partial charge in [0, 0.05) is 16.2 Å². The molecule has 2 aromatic rings. The van der Waals surface area contributed by atoms with E-state index in [4.69, 9.17) is 0 Å². The Balaban J connectivity index is 2.18. The van der Waals surface area contributed by atoms with Crippen molar-refractivity contribution in [2.45, 2.75) is 0 Å². The smallest absolute Gasteiger partial charge is 0.187 e. The highest BCUT2D eigenvalue weighted by atomic mass is 79.9.